The minimum Gasteiger partial charge on any atom is -0.394 e. The third-order valence-electron chi connectivity index (χ3n) is 2.42. The maximum absolute atomic E-state index is 11.9. The van der Waals surface area contributed by atoms with E-state index in [4.69, 9.17) is 16.7 Å². The molecule has 0 radical (unpaired) electrons. The molecule has 1 aromatic heterocycles. The predicted octanol–water partition coefficient (Wildman–Crippen LogP) is -0.0949. The highest BCUT2D eigenvalue weighted by atomic mass is 35.5. The monoisotopic (exact) mass is 310 g/mol. The molecule has 1 aliphatic rings. The Morgan fingerprint density at radius 1 is 1.44 bits per heavy atom. The van der Waals surface area contributed by atoms with Crippen LogP contribution in [0.25, 0.3) is 0 Å². The number of thioether (sulfide) groups is 1. The molecule has 9 heteroatoms. The lowest BCUT2D eigenvalue weighted by molar-refractivity contribution is 0.113. The van der Waals surface area contributed by atoms with E-state index in [9.17, 15) is 13.5 Å². The molecule has 0 amide bonds. The van der Waals surface area contributed by atoms with Gasteiger partial charge in [0.1, 0.15) is 9.92 Å². The number of hydrogen-bond acceptors (Lipinski definition) is 7. The van der Waals surface area contributed by atoms with Crippen LogP contribution in [0.2, 0.25) is 5.28 Å². The zero-order chi connectivity index (χ0) is 13.3. The minimum absolute atomic E-state index is 0.00741. The Hall–Kier alpha value is -0.410. The van der Waals surface area contributed by atoms with Crippen LogP contribution in [0.15, 0.2) is 9.92 Å². The first kappa shape index (κ1) is 14.0. The molecule has 0 aliphatic carbocycles. The van der Waals surface area contributed by atoms with Crippen molar-refractivity contribution in [1.82, 2.24) is 9.97 Å². The number of hydrogen-bond donors (Lipinski definition) is 2. The summed E-state index contributed by atoms with van der Waals surface area (Å²) in [6, 6.07) is 0. The van der Waals surface area contributed by atoms with Crippen molar-refractivity contribution in [2.45, 2.75) is 22.4 Å². The van der Waals surface area contributed by atoms with E-state index in [2.05, 4.69) is 9.97 Å². The van der Waals surface area contributed by atoms with Crippen molar-refractivity contribution >= 4 is 33.2 Å². The number of aliphatic hydroxyl groups is 2. The molecule has 0 saturated heterocycles. The van der Waals surface area contributed by atoms with Gasteiger partial charge in [0, 0.05) is 12.2 Å². The number of halogens is 1. The van der Waals surface area contributed by atoms with E-state index in [1.807, 2.05) is 0 Å². The lowest BCUT2D eigenvalue weighted by atomic mass is 10.3. The van der Waals surface area contributed by atoms with Crippen LogP contribution in [0.4, 0.5) is 0 Å². The minimum atomic E-state index is -3.36. The van der Waals surface area contributed by atoms with Gasteiger partial charge in [-0.15, -0.1) is 11.8 Å². The molecule has 18 heavy (non-hydrogen) atoms. The maximum Gasteiger partial charge on any atom is 0.223 e. The fraction of sp³-hybridized carbons (Fsp3) is 0.556. The van der Waals surface area contributed by atoms with Crippen molar-refractivity contribution in [2.24, 2.45) is 0 Å². The van der Waals surface area contributed by atoms with Gasteiger partial charge in [-0.05, 0) is 11.6 Å². The number of sulfone groups is 1. The molecule has 0 aromatic carbocycles. The van der Waals surface area contributed by atoms with Gasteiger partial charge in [0.2, 0.25) is 5.28 Å². The second-order valence-electron chi connectivity index (χ2n) is 3.79. The van der Waals surface area contributed by atoms with E-state index in [1.165, 1.54) is 0 Å². The van der Waals surface area contributed by atoms with Crippen molar-refractivity contribution in [3.63, 3.8) is 0 Å². The molecular weight excluding hydrogens is 300 g/mol. The first-order chi connectivity index (χ1) is 8.44. The van der Waals surface area contributed by atoms with E-state index in [1.54, 1.807) is 0 Å². The summed E-state index contributed by atoms with van der Waals surface area (Å²) in [6.45, 7) is -0.388. The largest absolute Gasteiger partial charge is 0.394 e. The Bertz CT molecular complexity index is 564. The zero-order valence-electron chi connectivity index (χ0n) is 9.21. The third-order valence-corrected chi connectivity index (χ3v) is 5.63. The number of aromatic nitrogens is 2. The van der Waals surface area contributed by atoms with Crippen LogP contribution in [0.3, 0.4) is 0 Å². The average Bonchev–Trinajstić information content (AvgIpc) is 2.61. The molecule has 0 bridgehead atoms. The van der Waals surface area contributed by atoms with Gasteiger partial charge in [0.25, 0.3) is 0 Å². The van der Waals surface area contributed by atoms with Crippen molar-refractivity contribution in [3.8, 4) is 0 Å². The molecule has 0 fully saturated rings. The standard InChI is InChI=1S/C9H11ClN2O4S2/c10-9-11-6-1-2-18(15,16)7(6)8(12-9)17-4-5(14)3-13/h5,13-14H,1-4H2. The highest BCUT2D eigenvalue weighted by Gasteiger charge is 2.32. The molecule has 100 valence electrons. The lowest BCUT2D eigenvalue weighted by Crippen LogP contribution is -2.15. The molecule has 0 spiro atoms. The van der Waals surface area contributed by atoms with Crippen molar-refractivity contribution in [2.75, 3.05) is 18.1 Å². The molecule has 1 unspecified atom stereocenters. The van der Waals surface area contributed by atoms with Crippen molar-refractivity contribution in [3.05, 3.63) is 11.0 Å². The summed E-state index contributed by atoms with van der Waals surface area (Å²) < 4.78 is 23.7. The Kier molecular flexibility index (Phi) is 4.12. The van der Waals surface area contributed by atoms with Crippen LogP contribution >= 0.6 is 23.4 Å². The van der Waals surface area contributed by atoms with Crippen LogP contribution in [0, 0.1) is 0 Å². The highest BCUT2D eigenvalue weighted by molar-refractivity contribution is 8.00. The second-order valence-corrected chi connectivity index (χ2v) is 7.18. The Balaban J connectivity index is 2.36. The SMILES string of the molecule is O=S1(=O)CCc2nc(Cl)nc(SCC(O)CO)c21. The van der Waals surface area contributed by atoms with Gasteiger partial charge in [-0.3, -0.25) is 0 Å². The average molecular weight is 311 g/mol. The van der Waals surface area contributed by atoms with Crippen LogP contribution in [-0.4, -0.2) is 52.8 Å². The first-order valence-corrected chi connectivity index (χ1v) is 8.16. The first-order valence-electron chi connectivity index (χ1n) is 5.15. The van der Waals surface area contributed by atoms with Crippen LogP contribution < -0.4 is 0 Å². The van der Waals surface area contributed by atoms with Gasteiger partial charge in [0.05, 0.1) is 24.2 Å². The lowest BCUT2D eigenvalue weighted by Gasteiger charge is -2.09. The normalized spacial score (nSPS) is 18.6. The van der Waals surface area contributed by atoms with Gasteiger partial charge in [-0.1, -0.05) is 0 Å². The zero-order valence-corrected chi connectivity index (χ0v) is 11.6. The van der Waals surface area contributed by atoms with E-state index in [-0.39, 0.29) is 33.3 Å². The fourth-order valence-corrected chi connectivity index (χ4v) is 4.72. The Labute approximate surface area is 113 Å². The molecule has 2 N–H and O–H groups in total. The van der Waals surface area contributed by atoms with Crippen molar-refractivity contribution < 1.29 is 18.6 Å². The van der Waals surface area contributed by atoms with E-state index in [0.29, 0.717) is 12.1 Å². The quantitative estimate of drug-likeness (QED) is 0.455. The predicted molar refractivity (Wildman–Crippen MR) is 66.6 cm³/mol. The molecule has 6 nitrogen and oxygen atoms in total. The van der Waals surface area contributed by atoms with Gasteiger partial charge in [-0.25, -0.2) is 18.4 Å². The second kappa shape index (κ2) is 5.30. The summed E-state index contributed by atoms with van der Waals surface area (Å²) in [6.07, 6.45) is -0.598. The molecule has 2 heterocycles. The molecule has 1 aliphatic heterocycles. The summed E-state index contributed by atoms with van der Waals surface area (Å²) in [5.74, 6) is 0.152. The maximum atomic E-state index is 11.9. The molecule has 2 rings (SSSR count). The third kappa shape index (κ3) is 2.77. The summed E-state index contributed by atoms with van der Waals surface area (Å²) in [5.41, 5.74) is 0.427. The van der Waals surface area contributed by atoms with E-state index < -0.39 is 15.9 Å². The van der Waals surface area contributed by atoms with Gasteiger partial charge in [0.15, 0.2) is 9.84 Å². The van der Waals surface area contributed by atoms with Gasteiger partial charge < -0.3 is 10.2 Å². The number of rotatable bonds is 4. The van der Waals surface area contributed by atoms with E-state index in [0.717, 1.165) is 11.8 Å². The molecular formula is C9H11ClN2O4S2. The molecule has 1 atom stereocenters. The smallest absolute Gasteiger partial charge is 0.223 e. The molecule has 1 aromatic rings. The number of nitrogens with zero attached hydrogens (tertiary/aromatic N) is 2. The van der Waals surface area contributed by atoms with Gasteiger partial charge in [-0.2, -0.15) is 0 Å². The number of aliphatic hydroxyl groups excluding tert-OH is 2. The fourth-order valence-electron chi connectivity index (χ4n) is 1.59. The Morgan fingerprint density at radius 2 is 2.17 bits per heavy atom. The number of fused-ring (bicyclic) bond motifs is 1. The number of aryl methyl sites for hydroxylation is 1. The van der Waals surface area contributed by atoms with Crippen LogP contribution in [-0.2, 0) is 16.3 Å². The Morgan fingerprint density at radius 3 is 2.83 bits per heavy atom. The topological polar surface area (TPSA) is 100 Å². The van der Waals surface area contributed by atoms with E-state index >= 15 is 0 Å². The summed E-state index contributed by atoms with van der Waals surface area (Å²) in [4.78, 5) is 7.91. The summed E-state index contributed by atoms with van der Waals surface area (Å²) in [7, 11) is -3.36. The highest BCUT2D eigenvalue weighted by Crippen LogP contribution is 2.33. The van der Waals surface area contributed by atoms with Gasteiger partial charge >= 0.3 is 0 Å². The van der Waals surface area contributed by atoms with Crippen LogP contribution in [0.5, 0.6) is 0 Å². The summed E-state index contributed by atoms with van der Waals surface area (Å²) >= 11 is 6.78. The molecule has 0 saturated carbocycles. The van der Waals surface area contributed by atoms with Crippen LogP contribution in [0.1, 0.15) is 5.69 Å². The summed E-state index contributed by atoms with van der Waals surface area (Å²) in [5, 5.41) is 18.2. The van der Waals surface area contributed by atoms with Crippen molar-refractivity contribution in [1.29, 1.82) is 0 Å².